The second-order valence-corrected chi connectivity index (χ2v) is 7.90. The maximum Gasteiger partial charge on any atom is 0.161 e. The van der Waals surface area contributed by atoms with Crippen LogP contribution in [0.25, 0.3) is 0 Å². The van der Waals surface area contributed by atoms with E-state index < -0.39 is 0 Å². The van der Waals surface area contributed by atoms with Crippen molar-refractivity contribution in [2.24, 2.45) is 5.92 Å². The molecule has 0 aromatic heterocycles. The van der Waals surface area contributed by atoms with E-state index in [0.29, 0.717) is 12.0 Å². The smallest absolute Gasteiger partial charge is 0.161 e. The molecule has 146 valence electrons. The van der Waals surface area contributed by atoms with Crippen molar-refractivity contribution in [3.05, 3.63) is 59.7 Å². The third-order valence-corrected chi connectivity index (χ3v) is 5.33. The minimum Gasteiger partial charge on any atom is -0.493 e. The third kappa shape index (κ3) is 5.24. The zero-order valence-electron chi connectivity index (χ0n) is 16.8. The molecular weight excluding hydrogens is 338 g/mol. The van der Waals surface area contributed by atoms with Crippen LogP contribution in [0, 0.1) is 5.92 Å². The highest BCUT2D eigenvalue weighted by Gasteiger charge is 2.35. The van der Waals surface area contributed by atoms with Gasteiger partial charge in [-0.2, -0.15) is 0 Å². The van der Waals surface area contributed by atoms with Crippen LogP contribution in [0.4, 0.5) is 0 Å². The first-order valence-corrected chi connectivity index (χ1v) is 9.63. The highest BCUT2D eigenvalue weighted by molar-refractivity contribution is 5.42. The monoisotopic (exact) mass is 369 g/mol. The van der Waals surface area contributed by atoms with Crippen molar-refractivity contribution < 1.29 is 14.2 Å². The van der Waals surface area contributed by atoms with E-state index >= 15 is 0 Å². The summed E-state index contributed by atoms with van der Waals surface area (Å²) in [6.45, 7) is 5.94. The van der Waals surface area contributed by atoms with Gasteiger partial charge < -0.3 is 19.5 Å². The molecule has 27 heavy (non-hydrogen) atoms. The van der Waals surface area contributed by atoms with E-state index in [-0.39, 0.29) is 5.60 Å². The molecule has 0 spiro atoms. The first kappa shape index (κ1) is 19.7. The fourth-order valence-electron chi connectivity index (χ4n) is 3.80. The number of hydrogen-bond donors (Lipinski definition) is 1. The Bertz CT molecular complexity index is 730. The van der Waals surface area contributed by atoms with E-state index in [1.807, 2.05) is 12.1 Å². The molecule has 1 saturated heterocycles. The molecule has 4 nitrogen and oxygen atoms in total. The third-order valence-electron chi connectivity index (χ3n) is 5.33. The normalized spacial score (nSPS) is 21.6. The van der Waals surface area contributed by atoms with E-state index in [1.54, 1.807) is 14.2 Å². The molecular formula is C23H31NO3. The summed E-state index contributed by atoms with van der Waals surface area (Å²) in [6, 6.07) is 17.2. The molecule has 1 aliphatic rings. The molecule has 1 fully saturated rings. The lowest BCUT2D eigenvalue weighted by molar-refractivity contribution is -0.0906. The van der Waals surface area contributed by atoms with Crippen LogP contribution in [0.5, 0.6) is 11.5 Å². The lowest BCUT2D eigenvalue weighted by Crippen LogP contribution is -2.50. The summed E-state index contributed by atoms with van der Waals surface area (Å²) < 4.78 is 16.9. The molecule has 0 saturated carbocycles. The molecule has 0 aliphatic carbocycles. The van der Waals surface area contributed by atoms with Crippen LogP contribution in [0.3, 0.4) is 0 Å². The summed E-state index contributed by atoms with van der Waals surface area (Å²) in [5.41, 5.74) is 2.46. The van der Waals surface area contributed by atoms with Crippen molar-refractivity contribution in [2.75, 3.05) is 20.8 Å². The average molecular weight is 370 g/mol. The van der Waals surface area contributed by atoms with Crippen molar-refractivity contribution in [2.45, 2.75) is 44.9 Å². The van der Waals surface area contributed by atoms with Crippen LogP contribution in [0.1, 0.15) is 31.4 Å². The second kappa shape index (κ2) is 8.77. The molecule has 0 amide bonds. The highest BCUT2D eigenvalue weighted by atomic mass is 16.5. The number of rotatable bonds is 7. The van der Waals surface area contributed by atoms with E-state index in [2.05, 4.69) is 55.6 Å². The molecule has 2 atom stereocenters. The summed E-state index contributed by atoms with van der Waals surface area (Å²) in [7, 11) is 3.33. The first-order chi connectivity index (χ1) is 13.0. The number of nitrogens with one attached hydrogen (secondary N) is 1. The van der Waals surface area contributed by atoms with Crippen molar-refractivity contribution >= 4 is 0 Å². The quantitative estimate of drug-likeness (QED) is 0.793. The predicted molar refractivity (Wildman–Crippen MR) is 108 cm³/mol. The maximum absolute atomic E-state index is 6.12. The fraction of sp³-hybridized carbons (Fsp3) is 0.478. The van der Waals surface area contributed by atoms with E-state index in [0.717, 1.165) is 37.5 Å². The van der Waals surface area contributed by atoms with Crippen molar-refractivity contribution in [3.63, 3.8) is 0 Å². The Kier molecular flexibility index (Phi) is 6.40. The molecule has 2 aromatic rings. The van der Waals surface area contributed by atoms with Gasteiger partial charge in [0.2, 0.25) is 0 Å². The van der Waals surface area contributed by atoms with Crippen molar-refractivity contribution in [3.8, 4) is 11.5 Å². The van der Waals surface area contributed by atoms with E-state index in [1.165, 1.54) is 11.1 Å². The summed E-state index contributed by atoms with van der Waals surface area (Å²) in [5, 5.41) is 3.78. The summed E-state index contributed by atoms with van der Waals surface area (Å²) >= 11 is 0. The highest BCUT2D eigenvalue weighted by Crippen LogP contribution is 2.31. The topological polar surface area (TPSA) is 39.7 Å². The fourth-order valence-corrected chi connectivity index (χ4v) is 3.80. The van der Waals surface area contributed by atoms with Gasteiger partial charge >= 0.3 is 0 Å². The SMILES string of the molecule is COc1ccc(CN[C@@H]2CC(C)(C)OC[C@H]2Cc2ccccc2)cc1OC. The molecule has 1 aliphatic heterocycles. The molecule has 3 rings (SSSR count). The van der Waals surface area contributed by atoms with Crippen molar-refractivity contribution in [1.82, 2.24) is 5.32 Å². The molecule has 0 radical (unpaired) electrons. The average Bonchev–Trinajstić information content (AvgIpc) is 2.68. The van der Waals surface area contributed by atoms with Gasteiger partial charge in [0.25, 0.3) is 0 Å². The number of benzene rings is 2. The lowest BCUT2D eigenvalue weighted by atomic mass is 9.83. The van der Waals surface area contributed by atoms with Gasteiger partial charge in [-0.15, -0.1) is 0 Å². The molecule has 2 aromatic carbocycles. The van der Waals surface area contributed by atoms with Gasteiger partial charge in [-0.3, -0.25) is 0 Å². The summed E-state index contributed by atoms with van der Waals surface area (Å²) in [6.07, 6.45) is 2.03. The van der Waals surface area contributed by atoms with Gasteiger partial charge in [-0.1, -0.05) is 36.4 Å². The van der Waals surface area contributed by atoms with Gasteiger partial charge in [0.1, 0.15) is 0 Å². The van der Waals surface area contributed by atoms with Crippen LogP contribution in [-0.4, -0.2) is 32.5 Å². The zero-order valence-corrected chi connectivity index (χ0v) is 16.8. The Balaban J connectivity index is 1.69. The van der Waals surface area contributed by atoms with Gasteiger partial charge in [0, 0.05) is 18.5 Å². The van der Waals surface area contributed by atoms with Crippen LogP contribution >= 0.6 is 0 Å². The Labute approximate surface area is 162 Å². The van der Waals surface area contributed by atoms with Crippen LogP contribution < -0.4 is 14.8 Å². The Morgan fingerprint density at radius 1 is 1.00 bits per heavy atom. The zero-order chi connectivity index (χ0) is 19.3. The Hall–Kier alpha value is -2.04. The number of ether oxygens (including phenoxy) is 3. The van der Waals surface area contributed by atoms with Crippen LogP contribution in [-0.2, 0) is 17.7 Å². The standard InChI is InChI=1S/C23H31NO3/c1-23(2)14-20(19(16-27-23)12-17-8-6-5-7-9-17)24-15-18-10-11-21(25-3)22(13-18)26-4/h5-11,13,19-20,24H,12,14-16H2,1-4H3/t19-,20-/m1/s1. The molecule has 4 heteroatoms. The predicted octanol–water partition coefficient (Wildman–Crippen LogP) is 4.22. The number of methoxy groups -OCH3 is 2. The maximum atomic E-state index is 6.12. The number of hydrogen-bond acceptors (Lipinski definition) is 4. The largest absolute Gasteiger partial charge is 0.493 e. The van der Waals surface area contributed by atoms with Crippen molar-refractivity contribution in [1.29, 1.82) is 0 Å². The molecule has 0 unspecified atom stereocenters. The Morgan fingerprint density at radius 3 is 2.44 bits per heavy atom. The lowest BCUT2D eigenvalue weighted by Gasteiger charge is -2.41. The summed E-state index contributed by atoms with van der Waals surface area (Å²) in [5.74, 6) is 1.99. The van der Waals surface area contributed by atoms with Gasteiger partial charge in [0.05, 0.1) is 26.4 Å². The van der Waals surface area contributed by atoms with Crippen LogP contribution in [0.2, 0.25) is 0 Å². The van der Waals surface area contributed by atoms with Gasteiger partial charge in [-0.25, -0.2) is 0 Å². The molecule has 1 heterocycles. The van der Waals surface area contributed by atoms with Crippen LogP contribution in [0.15, 0.2) is 48.5 Å². The second-order valence-electron chi connectivity index (χ2n) is 7.90. The van der Waals surface area contributed by atoms with Gasteiger partial charge in [0.15, 0.2) is 11.5 Å². The minimum atomic E-state index is -0.0948. The van der Waals surface area contributed by atoms with E-state index in [4.69, 9.17) is 14.2 Å². The molecule has 1 N–H and O–H groups in total. The minimum absolute atomic E-state index is 0.0948. The van der Waals surface area contributed by atoms with Gasteiger partial charge in [-0.05, 0) is 49.9 Å². The Morgan fingerprint density at radius 2 is 1.74 bits per heavy atom. The summed E-state index contributed by atoms with van der Waals surface area (Å²) in [4.78, 5) is 0. The molecule has 0 bridgehead atoms. The first-order valence-electron chi connectivity index (χ1n) is 9.63. The van der Waals surface area contributed by atoms with E-state index in [9.17, 15) is 0 Å².